The fourth-order valence-corrected chi connectivity index (χ4v) is 2.01. The van der Waals surface area contributed by atoms with Crippen LogP contribution in [0.2, 0.25) is 0 Å². The number of carbonyl (C=O) groups is 2. The number of ether oxygens (including phenoxy) is 5. The zero-order valence-electron chi connectivity index (χ0n) is 15.6. The van der Waals surface area contributed by atoms with Gasteiger partial charge in [-0.2, -0.15) is 4.99 Å². The number of nitrogens with zero attached hydrogens (tertiary/aromatic N) is 2. The van der Waals surface area contributed by atoms with E-state index in [1.807, 2.05) is 0 Å². The van der Waals surface area contributed by atoms with Crippen LogP contribution in [0.4, 0.5) is 5.69 Å². The molecule has 0 bridgehead atoms. The average Bonchev–Trinajstić information content (AvgIpc) is 2.76. The topological polar surface area (TPSA) is 134 Å². The van der Waals surface area contributed by atoms with E-state index in [2.05, 4.69) is 9.73 Å². The Labute approximate surface area is 171 Å². The van der Waals surface area contributed by atoms with Crippen molar-refractivity contribution in [2.75, 3.05) is 26.4 Å². The van der Waals surface area contributed by atoms with Gasteiger partial charge in [-0.25, -0.2) is 14.4 Å². The molecule has 0 radical (unpaired) electrons. The summed E-state index contributed by atoms with van der Waals surface area (Å²) in [5.41, 5.74) is 0.413. The van der Waals surface area contributed by atoms with E-state index < -0.39 is 11.9 Å². The zero-order valence-corrected chi connectivity index (χ0v) is 15.6. The molecule has 0 heterocycles. The van der Waals surface area contributed by atoms with E-state index in [-0.39, 0.29) is 26.4 Å². The number of hydrogen-bond donors (Lipinski definition) is 0. The van der Waals surface area contributed by atoms with E-state index >= 15 is 0 Å². The molecular formula is C20H16N2O8. The molecule has 0 amide bonds. The summed E-state index contributed by atoms with van der Waals surface area (Å²) in [6.07, 6.45) is 2.95. The first-order chi connectivity index (χ1) is 14.6. The maximum atomic E-state index is 11.6. The van der Waals surface area contributed by atoms with Crippen molar-refractivity contribution >= 4 is 23.7 Å². The van der Waals surface area contributed by atoms with Gasteiger partial charge in [-0.1, -0.05) is 0 Å². The number of hydrogen-bond acceptors (Lipinski definition) is 10. The van der Waals surface area contributed by atoms with Crippen LogP contribution in [-0.4, -0.2) is 44.4 Å². The Kier molecular flexibility index (Phi) is 8.91. The maximum absolute atomic E-state index is 11.6. The molecular weight excluding hydrogens is 396 g/mol. The van der Waals surface area contributed by atoms with Crippen LogP contribution in [0.3, 0.4) is 0 Å². The lowest BCUT2D eigenvalue weighted by atomic mass is 10.3. The summed E-state index contributed by atoms with van der Waals surface area (Å²) >= 11 is 0. The molecule has 10 heteroatoms. The first-order valence-electron chi connectivity index (χ1n) is 8.51. The Bertz CT molecular complexity index is 929. The highest BCUT2D eigenvalue weighted by Gasteiger charge is 2.08. The van der Waals surface area contributed by atoms with Crippen molar-refractivity contribution < 1.29 is 38.1 Å². The normalized spacial score (nSPS) is 9.43. The summed E-state index contributed by atoms with van der Waals surface area (Å²) in [6.45, 7) is -0.944. The summed E-state index contributed by atoms with van der Waals surface area (Å²) in [5, 5.41) is 8.39. The summed E-state index contributed by atoms with van der Waals surface area (Å²) in [6, 6.07) is 12.2. The second-order valence-corrected chi connectivity index (χ2v) is 5.38. The number of carbonyl (C=O) groups excluding carboxylic acids is 3. The van der Waals surface area contributed by atoms with Crippen molar-refractivity contribution in [3.63, 3.8) is 0 Å². The molecule has 30 heavy (non-hydrogen) atoms. The van der Waals surface area contributed by atoms with Crippen molar-refractivity contribution in [3.8, 4) is 23.5 Å². The largest absolute Gasteiger partial charge is 0.482 e. The minimum Gasteiger partial charge on any atom is -0.482 e. The minimum atomic E-state index is -0.642. The lowest BCUT2D eigenvalue weighted by Crippen LogP contribution is -2.21. The Balaban J connectivity index is 1.57. The van der Waals surface area contributed by atoms with Crippen LogP contribution >= 0.6 is 0 Å². The van der Waals surface area contributed by atoms with Crippen LogP contribution in [0.15, 0.2) is 53.5 Å². The third kappa shape index (κ3) is 8.12. The number of aliphatic imine (C=N–C) groups is 1. The molecule has 0 fully saturated rings. The van der Waals surface area contributed by atoms with E-state index in [0.29, 0.717) is 22.9 Å². The second-order valence-electron chi connectivity index (χ2n) is 5.38. The first kappa shape index (κ1) is 21.9. The van der Waals surface area contributed by atoms with Crippen LogP contribution in [0.5, 0.6) is 17.2 Å². The molecule has 0 aliphatic heterocycles. The monoisotopic (exact) mass is 412 g/mol. The second kappa shape index (κ2) is 12.2. The van der Waals surface area contributed by atoms with Gasteiger partial charge in [0.2, 0.25) is 6.08 Å². The molecule has 0 aliphatic carbocycles. The van der Waals surface area contributed by atoms with Gasteiger partial charge < -0.3 is 23.7 Å². The van der Waals surface area contributed by atoms with Gasteiger partial charge in [0.1, 0.15) is 30.5 Å². The number of isocyanates is 1. The number of benzene rings is 2. The van der Waals surface area contributed by atoms with E-state index in [1.165, 1.54) is 60.9 Å². The number of rotatable bonds is 11. The Morgan fingerprint density at radius 1 is 0.800 bits per heavy atom. The van der Waals surface area contributed by atoms with Crippen molar-refractivity contribution in [1.82, 2.24) is 0 Å². The maximum Gasteiger partial charge on any atom is 0.344 e. The fraction of sp³-hybridized carbons (Fsp3) is 0.200. The molecule has 2 aromatic carbocycles. The molecule has 10 nitrogen and oxygen atoms in total. The van der Waals surface area contributed by atoms with Crippen LogP contribution in [0.25, 0.3) is 0 Å². The molecule has 0 atom stereocenters. The first-order valence-corrected chi connectivity index (χ1v) is 8.51. The van der Waals surface area contributed by atoms with Gasteiger partial charge in [-0.05, 0) is 48.5 Å². The third-order valence-corrected chi connectivity index (χ3v) is 3.32. The average molecular weight is 412 g/mol. The lowest BCUT2D eigenvalue weighted by Gasteiger charge is -2.09. The van der Waals surface area contributed by atoms with Gasteiger partial charge in [0, 0.05) is 0 Å². The van der Waals surface area contributed by atoms with E-state index in [0.717, 1.165) is 0 Å². The van der Waals surface area contributed by atoms with Crippen LogP contribution in [0, 0.1) is 11.5 Å². The van der Waals surface area contributed by atoms with E-state index in [1.54, 1.807) is 0 Å². The van der Waals surface area contributed by atoms with Crippen LogP contribution < -0.4 is 14.2 Å². The fourth-order valence-electron chi connectivity index (χ4n) is 2.01. The summed E-state index contributed by atoms with van der Waals surface area (Å²) in [5.74, 6) is -0.142. The SMILES string of the molecule is N#COc1ccc(OCC(=O)OCCOC(=O)COc2ccc(N=C=O)cc2)cc1. The minimum absolute atomic E-state index is 0.138. The van der Waals surface area contributed by atoms with Crippen molar-refractivity contribution in [2.45, 2.75) is 0 Å². The van der Waals surface area contributed by atoms with Gasteiger partial charge in [-0.3, -0.25) is 0 Å². The molecule has 2 rings (SSSR count). The lowest BCUT2D eigenvalue weighted by molar-refractivity contribution is -0.154. The third-order valence-electron chi connectivity index (χ3n) is 3.32. The Morgan fingerprint density at radius 2 is 1.27 bits per heavy atom. The Hall–Kier alpha value is -4.35. The van der Waals surface area contributed by atoms with Crippen molar-refractivity contribution in [1.29, 1.82) is 5.26 Å². The molecule has 2 aromatic rings. The predicted molar refractivity (Wildman–Crippen MR) is 99.8 cm³/mol. The van der Waals surface area contributed by atoms with Gasteiger partial charge >= 0.3 is 11.9 Å². The van der Waals surface area contributed by atoms with Gasteiger partial charge in [0.05, 0.1) is 5.69 Å². The number of nitriles is 1. The van der Waals surface area contributed by atoms with Crippen molar-refractivity contribution in [2.24, 2.45) is 4.99 Å². The zero-order chi connectivity index (χ0) is 21.6. The van der Waals surface area contributed by atoms with Crippen LogP contribution in [-0.2, 0) is 23.9 Å². The molecule has 0 unspecified atom stereocenters. The summed E-state index contributed by atoms with van der Waals surface area (Å²) < 4.78 is 24.8. The molecule has 0 aromatic heterocycles. The standard InChI is InChI=1S/C20H16N2O8/c21-13-30-18-7-5-17(6-8-18)29-12-20(25)27-10-9-26-19(24)11-28-16-3-1-15(2-4-16)22-14-23/h1-8H,9-12H2. The van der Waals surface area contributed by atoms with E-state index in [9.17, 15) is 14.4 Å². The number of esters is 2. The van der Waals surface area contributed by atoms with Crippen molar-refractivity contribution in [3.05, 3.63) is 48.5 Å². The molecule has 0 spiro atoms. The quantitative estimate of drug-likeness (QED) is 0.179. The summed E-state index contributed by atoms with van der Waals surface area (Å²) in [4.78, 5) is 36.8. The molecule has 154 valence electrons. The summed E-state index contributed by atoms with van der Waals surface area (Å²) in [7, 11) is 0. The molecule has 0 saturated carbocycles. The molecule has 0 aliphatic rings. The molecule has 0 N–H and O–H groups in total. The highest BCUT2D eigenvalue weighted by atomic mass is 16.6. The van der Waals surface area contributed by atoms with Gasteiger partial charge in [0.25, 0.3) is 6.26 Å². The van der Waals surface area contributed by atoms with Gasteiger partial charge in [0.15, 0.2) is 13.2 Å². The van der Waals surface area contributed by atoms with E-state index in [4.69, 9.17) is 24.2 Å². The smallest absolute Gasteiger partial charge is 0.344 e. The van der Waals surface area contributed by atoms with Gasteiger partial charge in [-0.15, -0.1) is 5.26 Å². The molecule has 0 saturated heterocycles. The van der Waals surface area contributed by atoms with Crippen LogP contribution in [0.1, 0.15) is 0 Å². The predicted octanol–water partition coefficient (Wildman–Crippen LogP) is 2.06. The highest BCUT2D eigenvalue weighted by Crippen LogP contribution is 2.18. The highest BCUT2D eigenvalue weighted by molar-refractivity contribution is 5.72. The Morgan fingerprint density at radius 3 is 1.73 bits per heavy atom.